The highest BCUT2D eigenvalue weighted by molar-refractivity contribution is 7.89. The number of methoxy groups -OCH3 is 1. The average Bonchev–Trinajstić information content (AvgIpc) is 3.42. The summed E-state index contributed by atoms with van der Waals surface area (Å²) in [7, 11) is -2.51. The SMILES string of the molecule is COc1ccc(S(=O)(=O)N2CCN(C(=O)Nc3ccc(C)cc3)CC2C(=O)NCC2CCCO2)cc1. The van der Waals surface area contributed by atoms with Gasteiger partial charge in [0, 0.05) is 38.5 Å². The molecule has 0 saturated carbocycles. The van der Waals surface area contributed by atoms with Gasteiger partial charge in [0.05, 0.1) is 18.1 Å². The van der Waals surface area contributed by atoms with E-state index in [1.54, 1.807) is 24.3 Å². The van der Waals surface area contributed by atoms with Gasteiger partial charge in [-0.3, -0.25) is 4.79 Å². The van der Waals surface area contributed by atoms with Crippen molar-refractivity contribution in [3.05, 3.63) is 54.1 Å². The molecule has 36 heavy (non-hydrogen) atoms. The van der Waals surface area contributed by atoms with Crippen molar-refractivity contribution in [2.24, 2.45) is 0 Å². The van der Waals surface area contributed by atoms with Crippen LogP contribution in [0.4, 0.5) is 10.5 Å². The molecule has 2 N–H and O–H groups in total. The summed E-state index contributed by atoms with van der Waals surface area (Å²) in [5.74, 6) is 0.0628. The summed E-state index contributed by atoms with van der Waals surface area (Å²) in [5, 5.41) is 5.66. The number of amides is 3. The highest BCUT2D eigenvalue weighted by atomic mass is 32.2. The van der Waals surface area contributed by atoms with E-state index in [1.165, 1.54) is 28.4 Å². The summed E-state index contributed by atoms with van der Waals surface area (Å²) in [5.41, 5.74) is 1.69. The van der Waals surface area contributed by atoms with Gasteiger partial charge >= 0.3 is 6.03 Å². The van der Waals surface area contributed by atoms with Crippen LogP contribution in [0, 0.1) is 6.92 Å². The minimum Gasteiger partial charge on any atom is -0.497 e. The topological polar surface area (TPSA) is 117 Å². The molecule has 0 radical (unpaired) electrons. The van der Waals surface area contributed by atoms with E-state index in [4.69, 9.17) is 9.47 Å². The van der Waals surface area contributed by atoms with Crippen molar-refractivity contribution in [3.8, 4) is 5.75 Å². The number of nitrogens with zero attached hydrogens (tertiary/aromatic N) is 2. The number of hydrogen-bond acceptors (Lipinski definition) is 6. The number of aryl methyl sites for hydroxylation is 1. The fraction of sp³-hybridized carbons (Fsp3) is 0.440. The fourth-order valence-corrected chi connectivity index (χ4v) is 5.88. The van der Waals surface area contributed by atoms with Crippen molar-refractivity contribution < 1.29 is 27.5 Å². The first-order valence-corrected chi connectivity index (χ1v) is 13.4. The molecular weight excluding hydrogens is 484 g/mol. The third kappa shape index (κ3) is 5.97. The summed E-state index contributed by atoms with van der Waals surface area (Å²) in [6.45, 7) is 2.94. The maximum atomic E-state index is 13.5. The van der Waals surface area contributed by atoms with Crippen LogP contribution >= 0.6 is 0 Å². The lowest BCUT2D eigenvalue weighted by atomic mass is 10.2. The van der Waals surface area contributed by atoms with Gasteiger partial charge in [-0.25, -0.2) is 13.2 Å². The number of carbonyl (C=O) groups excluding carboxylic acids is 2. The summed E-state index contributed by atoms with van der Waals surface area (Å²) < 4.78 is 38.9. The molecule has 2 aliphatic rings. The van der Waals surface area contributed by atoms with Crippen LogP contribution in [-0.4, -0.2) is 81.6 Å². The van der Waals surface area contributed by atoms with Crippen LogP contribution in [0.1, 0.15) is 18.4 Å². The molecule has 2 heterocycles. The van der Waals surface area contributed by atoms with E-state index in [0.717, 1.165) is 18.4 Å². The average molecular weight is 517 g/mol. The number of piperazine rings is 1. The number of urea groups is 1. The molecule has 0 aliphatic carbocycles. The lowest BCUT2D eigenvalue weighted by molar-refractivity contribution is -0.126. The van der Waals surface area contributed by atoms with Gasteiger partial charge in [0.15, 0.2) is 0 Å². The van der Waals surface area contributed by atoms with Crippen molar-refractivity contribution >= 4 is 27.6 Å². The zero-order chi connectivity index (χ0) is 25.7. The number of anilines is 1. The maximum absolute atomic E-state index is 13.5. The van der Waals surface area contributed by atoms with Crippen molar-refractivity contribution in [2.45, 2.75) is 36.8 Å². The summed E-state index contributed by atoms with van der Waals surface area (Å²) in [6, 6.07) is 11.9. The van der Waals surface area contributed by atoms with Gasteiger partial charge in [0.25, 0.3) is 0 Å². The van der Waals surface area contributed by atoms with Crippen LogP contribution in [0.5, 0.6) is 5.75 Å². The van der Waals surface area contributed by atoms with Crippen LogP contribution < -0.4 is 15.4 Å². The molecule has 2 aromatic rings. The first kappa shape index (κ1) is 25.9. The normalized spacial score (nSPS) is 20.7. The Balaban J connectivity index is 1.53. The van der Waals surface area contributed by atoms with Gasteiger partial charge in [0.2, 0.25) is 15.9 Å². The van der Waals surface area contributed by atoms with E-state index in [2.05, 4.69) is 10.6 Å². The molecule has 11 heteroatoms. The predicted octanol–water partition coefficient (Wildman–Crippen LogP) is 2.21. The second kappa shape index (κ2) is 11.3. The van der Waals surface area contributed by atoms with E-state index >= 15 is 0 Å². The first-order valence-electron chi connectivity index (χ1n) is 12.0. The molecule has 0 bridgehead atoms. The molecule has 0 aromatic heterocycles. The molecule has 3 amide bonds. The van der Waals surface area contributed by atoms with Gasteiger partial charge in [-0.2, -0.15) is 4.31 Å². The van der Waals surface area contributed by atoms with Gasteiger partial charge in [-0.15, -0.1) is 0 Å². The van der Waals surface area contributed by atoms with Crippen molar-refractivity contribution in [3.63, 3.8) is 0 Å². The first-order chi connectivity index (χ1) is 17.3. The van der Waals surface area contributed by atoms with E-state index in [-0.39, 0.29) is 30.6 Å². The van der Waals surface area contributed by atoms with E-state index in [1.807, 2.05) is 19.1 Å². The van der Waals surface area contributed by atoms with Crippen molar-refractivity contribution in [1.29, 1.82) is 0 Å². The Labute approximate surface area is 211 Å². The van der Waals surface area contributed by atoms with Crippen LogP contribution in [0.25, 0.3) is 0 Å². The number of benzene rings is 2. The second-order valence-electron chi connectivity index (χ2n) is 8.93. The molecule has 10 nitrogen and oxygen atoms in total. The number of hydrogen-bond donors (Lipinski definition) is 2. The standard InChI is InChI=1S/C25H32N4O6S/c1-18-5-7-19(8-6-18)27-25(31)28-13-14-29(36(32,33)22-11-9-20(34-2)10-12-22)23(17-28)24(30)26-16-21-4-3-15-35-21/h5-12,21,23H,3-4,13-17H2,1-2H3,(H,26,30)(H,27,31). The molecule has 2 fully saturated rings. The lowest BCUT2D eigenvalue weighted by Gasteiger charge is -2.39. The van der Waals surface area contributed by atoms with Gasteiger partial charge < -0.3 is 25.0 Å². The van der Waals surface area contributed by atoms with Crippen LogP contribution in [0.2, 0.25) is 0 Å². The van der Waals surface area contributed by atoms with E-state index in [0.29, 0.717) is 24.6 Å². The smallest absolute Gasteiger partial charge is 0.321 e. The van der Waals surface area contributed by atoms with Crippen LogP contribution in [0.3, 0.4) is 0 Å². The molecule has 2 aliphatic heterocycles. The minimum atomic E-state index is -4.00. The third-order valence-electron chi connectivity index (χ3n) is 6.42. The molecule has 0 spiro atoms. The van der Waals surface area contributed by atoms with Gasteiger partial charge in [0.1, 0.15) is 11.8 Å². The minimum absolute atomic E-state index is 0.0201. The zero-order valence-corrected chi connectivity index (χ0v) is 21.3. The highest BCUT2D eigenvalue weighted by Gasteiger charge is 2.41. The van der Waals surface area contributed by atoms with Crippen molar-refractivity contribution in [1.82, 2.24) is 14.5 Å². The number of carbonyl (C=O) groups is 2. The molecule has 4 rings (SSSR count). The number of nitrogens with one attached hydrogen (secondary N) is 2. The summed E-state index contributed by atoms with van der Waals surface area (Å²) in [4.78, 5) is 27.7. The Morgan fingerprint density at radius 3 is 2.44 bits per heavy atom. The quantitative estimate of drug-likeness (QED) is 0.583. The van der Waals surface area contributed by atoms with E-state index < -0.39 is 28.0 Å². The highest BCUT2D eigenvalue weighted by Crippen LogP contribution is 2.24. The molecule has 2 aromatic carbocycles. The Bertz CT molecular complexity index is 1160. The predicted molar refractivity (Wildman–Crippen MR) is 134 cm³/mol. The Hall–Kier alpha value is -3.15. The number of ether oxygens (including phenoxy) is 2. The van der Waals surface area contributed by atoms with Crippen LogP contribution in [-0.2, 0) is 19.6 Å². The zero-order valence-electron chi connectivity index (χ0n) is 20.5. The van der Waals surface area contributed by atoms with Crippen molar-refractivity contribution in [2.75, 3.05) is 45.2 Å². The number of rotatable bonds is 7. The van der Waals surface area contributed by atoms with E-state index in [9.17, 15) is 18.0 Å². The molecule has 2 atom stereocenters. The summed E-state index contributed by atoms with van der Waals surface area (Å²) in [6.07, 6.45) is 1.67. The lowest BCUT2D eigenvalue weighted by Crippen LogP contribution is -2.62. The second-order valence-corrected chi connectivity index (χ2v) is 10.8. The Kier molecular flexibility index (Phi) is 8.12. The van der Waals surface area contributed by atoms with Crippen LogP contribution in [0.15, 0.2) is 53.4 Å². The molecule has 2 unspecified atom stereocenters. The monoisotopic (exact) mass is 516 g/mol. The van der Waals surface area contributed by atoms with Gasteiger partial charge in [-0.05, 0) is 56.2 Å². The third-order valence-corrected chi connectivity index (χ3v) is 8.34. The molecule has 194 valence electrons. The largest absolute Gasteiger partial charge is 0.497 e. The Morgan fingerprint density at radius 1 is 1.08 bits per heavy atom. The summed E-state index contributed by atoms with van der Waals surface area (Å²) >= 11 is 0. The maximum Gasteiger partial charge on any atom is 0.321 e. The number of sulfonamides is 1. The fourth-order valence-electron chi connectivity index (χ4n) is 4.31. The molecule has 2 saturated heterocycles. The van der Waals surface area contributed by atoms with Gasteiger partial charge in [-0.1, -0.05) is 17.7 Å². The molecular formula is C25H32N4O6S. The Morgan fingerprint density at radius 2 is 1.81 bits per heavy atom.